The lowest BCUT2D eigenvalue weighted by atomic mass is 10.2. The highest BCUT2D eigenvalue weighted by Crippen LogP contribution is 2.22. The Morgan fingerprint density at radius 3 is 2.40 bits per heavy atom. The molecule has 0 atom stereocenters. The zero-order chi connectivity index (χ0) is 21.7. The van der Waals surface area contributed by atoms with Crippen molar-refractivity contribution in [2.45, 2.75) is 31.4 Å². The van der Waals surface area contributed by atoms with Gasteiger partial charge < -0.3 is 14.2 Å². The van der Waals surface area contributed by atoms with Crippen LogP contribution in [-0.2, 0) is 20.6 Å². The number of hydrogen-bond donors (Lipinski definition) is 0. The number of piperazine rings is 1. The summed E-state index contributed by atoms with van der Waals surface area (Å²) in [5.41, 5.74) is 1.87. The van der Waals surface area contributed by atoms with Crippen molar-refractivity contribution < 1.29 is 22.5 Å². The van der Waals surface area contributed by atoms with E-state index in [0.717, 1.165) is 17.0 Å². The lowest BCUT2D eigenvalue weighted by Gasteiger charge is -2.34. The van der Waals surface area contributed by atoms with E-state index in [1.54, 1.807) is 29.2 Å². The van der Waals surface area contributed by atoms with Crippen LogP contribution in [0, 0.1) is 13.8 Å². The molecule has 8 nitrogen and oxygen atoms in total. The number of rotatable bonds is 8. The Morgan fingerprint density at radius 2 is 1.83 bits per heavy atom. The maximum atomic E-state index is 12.9. The molecule has 0 radical (unpaired) electrons. The quantitative estimate of drug-likeness (QED) is 0.606. The average molecular weight is 454 g/mol. The van der Waals surface area contributed by atoms with E-state index in [2.05, 4.69) is 5.16 Å². The van der Waals surface area contributed by atoms with E-state index in [0.29, 0.717) is 37.0 Å². The molecule has 1 saturated heterocycles. The summed E-state index contributed by atoms with van der Waals surface area (Å²) in [6, 6.07) is 6.44. The Bertz CT molecular complexity index is 945. The number of aromatic nitrogens is 1. The van der Waals surface area contributed by atoms with Gasteiger partial charge in [-0.15, -0.1) is 11.8 Å². The number of nitrogens with zero attached hydrogens (tertiary/aromatic N) is 3. The number of aryl methyl sites for hydroxylation is 2. The maximum absolute atomic E-state index is 12.9. The van der Waals surface area contributed by atoms with E-state index in [1.165, 1.54) is 16.1 Å². The molecule has 2 aromatic rings. The monoisotopic (exact) mass is 453 g/mol. The summed E-state index contributed by atoms with van der Waals surface area (Å²) in [4.78, 5) is 14.5. The van der Waals surface area contributed by atoms with Crippen molar-refractivity contribution in [3.05, 3.63) is 41.3 Å². The fourth-order valence-corrected chi connectivity index (χ4v) is 5.74. The van der Waals surface area contributed by atoms with Crippen molar-refractivity contribution >= 4 is 27.7 Å². The fourth-order valence-electron chi connectivity index (χ4n) is 3.24. The first kappa shape index (κ1) is 22.6. The van der Waals surface area contributed by atoms with E-state index in [1.807, 2.05) is 20.8 Å². The van der Waals surface area contributed by atoms with Crippen molar-refractivity contribution in [2.75, 3.05) is 38.5 Å². The molecule has 1 amide bonds. The number of ether oxygens (including phenoxy) is 1. The van der Waals surface area contributed by atoms with Crippen molar-refractivity contribution in [3.63, 3.8) is 0 Å². The van der Waals surface area contributed by atoms with Gasteiger partial charge in [0.05, 0.1) is 22.9 Å². The van der Waals surface area contributed by atoms with Crippen LogP contribution >= 0.6 is 11.8 Å². The minimum absolute atomic E-state index is 0.0184. The summed E-state index contributed by atoms with van der Waals surface area (Å²) < 4.78 is 37.7. The molecule has 0 N–H and O–H groups in total. The van der Waals surface area contributed by atoms with Gasteiger partial charge in [0.25, 0.3) is 0 Å². The van der Waals surface area contributed by atoms with Crippen molar-refractivity contribution in [3.8, 4) is 5.75 Å². The van der Waals surface area contributed by atoms with E-state index in [9.17, 15) is 13.2 Å². The third-order valence-electron chi connectivity index (χ3n) is 5.02. The molecular weight excluding hydrogens is 426 g/mol. The molecule has 1 aliphatic heterocycles. The van der Waals surface area contributed by atoms with Crippen LogP contribution < -0.4 is 4.74 Å². The minimum atomic E-state index is -3.58. The maximum Gasteiger partial charge on any atom is 0.243 e. The van der Waals surface area contributed by atoms with Gasteiger partial charge in [-0.1, -0.05) is 5.16 Å². The van der Waals surface area contributed by atoms with Gasteiger partial charge in [-0.05, 0) is 45.0 Å². The van der Waals surface area contributed by atoms with Crippen LogP contribution in [0.5, 0.6) is 5.75 Å². The standard InChI is InChI=1S/C20H27N3O5S2/c1-4-27-17-5-7-18(8-6-17)30(25,26)23-11-9-22(10-12-23)20(24)14-29-13-19-15(2)21-28-16(19)3/h5-8H,4,9-14H2,1-3H3. The fraction of sp³-hybridized carbons (Fsp3) is 0.500. The van der Waals surface area contributed by atoms with E-state index in [4.69, 9.17) is 9.26 Å². The lowest BCUT2D eigenvalue weighted by molar-refractivity contribution is -0.129. The lowest BCUT2D eigenvalue weighted by Crippen LogP contribution is -2.50. The number of carbonyl (C=O) groups is 1. The van der Waals surface area contributed by atoms with Gasteiger partial charge in [0, 0.05) is 37.5 Å². The molecule has 1 fully saturated rings. The molecule has 0 unspecified atom stereocenters. The Balaban J connectivity index is 1.50. The summed E-state index contributed by atoms with van der Waals surface area (Å²) in [7, 11) is -3.58. The largest absolute Gasteiger partial charge is 0.494 e. The van der Waals surface area contributed by atoms with Crippen molar-refractivity contribution in [2.24, 2.45) is 0 Å². The summed E-state index contributed by atoms with van der Waals surface area (Å²) in [6.07, 6.45) is 0. The van der Waals surface area contributed by atoms with Crippen LogP contribution in [0.25, 0.3) is 0 Å². The molecule has 3 rings (SSSR count). The van der Waals surface area contributed by atoms with Gasteiger partial charge in [-0.3, -0.25) is 4.79 Å². The molecule has 30 heavy (non-hydrogen) atoms. The average Bonchev–Trinajstić information content (AvgIpc) is 3.06. The van der Waals surface area contributed by atoms with Crippen molar-refractivity contribution in [1.82, 2.24) is 14.4 Å². The molecule has 164 valence electrons. The highest BCUT2D eigenvalue weighted by molar-refractivity contribution is 7.99. The predicted molar refractivity (Wildman–Crippen MR) is 115 cm³/mol. The number of thioether (sulfide) groups is 1. The van der Waals surface area contributed by atoms with Gasteiger partial charge in [0.15, 0.2) is 0 Å². The van der Waals surface area contributed by atoms with Gasteiger partial charge in [-0.25, -0.2) is 8.42 Å². The van der Waals surface area contributed by atoms with Gasteiger partial charge in [0.2, 0.25) is 15.9 Å². The Morgan fingerprint density at radius 1 is 1.17 bits per heavy atom. The summed E-state index contributed by atoms with van der Waals surface area (Å²) in [6.45, 7) is 7.51. The summed E-state index contributed by atoms with van der Waals surface area (Å²) in [5, 5.41) is 3.92. The second kappa shape index (κ2) is 9.84. The Hall–Kier alpha value is -2.04. The number of hydrogen-bond acceptors (Lipinski definition) is 7. The van der Waals surface area contributed by atoms with Crippen LogP contribution in [0.3, 0.4) is 0 Å². The minimum Gasteiger partial charge on any atom is -0.494 e. The smallest absolute Gasteiger partial charge is 0.243 e. The topological polar surface area (TPSA) is 93.0 Å². The van der Waals surface area contributed by atoms with E-state index in [-0.39, 0.29) is 23.9 Å². The van der Waals surface area contributed by atoms with Crippen LogP contribution in [0.1, 0.15) is 23.9 Å². The zero-order valence-electron chi connectivity index (χ0n) is 17.5. The predicted octanol–water partition coefficient (Wildman–Crippen LogP) is 2.46. The van der Waals surface area contributed by atoms with Gasteiger partial charge in [0.1, 0.15) is 11.5 Å². The van der Waals surface area contributed by atoms with Crippen LogP contribution in [0.2, 0.25) is 0 Å². The third kappa shape index (κ3) is 5.16. The van der Waals surface area contributed by atoms with E-state index < -0.39 is 10.0 Å². The molecule has 0 bridgehead atoms. The van der Waals surface area contributed by atoms with Crippen molar-refractivity contribution in [1.29, 1.82) is 0 Å². The molecule has 1 aliphatic rings. The molecule has 0 saturated carbocycles. The summed E-state index contributed by atoms with van der Waals surface area (Å²) in [5.74, 6) is 2.45. The molecule has 1 aromatic heterocycles. The molecule has 2 heterocycles. The van der Waals surface area contributed by atoms with Gasteiger partial charge >= 0.3 is 0 Å². The highest BCUT2D eigenvalue weighted by atomic mass is 32.2. The number of benzene rings is 1. The van der Waals surface area contributed by atoms with E-state index >= 15 is 0 Å². The van der Waals surface area contributed by atoms with Crippen LogP contribution in [-0.4, -0.2) is 67.2 Å². The second-order valence-corrected chi connectivity index (χ2v) is 9.91. The normalized spacial score (nSPS) is 15.4. The SMILES string of the molecule is CCOc1ccc(S(=O)(=O)N2CCN(C(=O)CSCc3c(C)noc3C)CC2)cc1. The number of amides is 1. The van der Waals surface area contributed by atoms with Gasteiger partial charge in [-0.2, -0.15) is 4.31 Å². The first-order chi connectivity index (χ1) is 14.3. The first-order valence-corrected chi connectivity index (χ1v) is 12.4. The molecular formula is C20H27N3O5S2. The summed E-state index contributed by atoms with van der Waals surface area (Å²) >= 11 is 1.51. The first-order valence-electron chi connectivity index (χ1n) is 9.83. The number of carbonyl (C=O) groups excluding carboxylic acids is 1. The zero-order valence-corrected chi connectivity index (χ0v) is 19.1. The Labute approximate surface area is 181 Å². The van der Waals surface area contributed by atoms with Crippen LogP contribution in [0.15, 0.2) is 33.7 Å². The molecule has 0 spiro atoms. The molecule has 1 aromatic carbocycles. The second-order valence-electron chi connectivity index (χ2n) is 6.98. The highest BCUT2D eigenvalue weighted by Gasteiger charge is 2.30. The molecule has 0 aliphatic carbocycles. The number of sulfonamides is 1. The third-order valence-corrected chi connectivity index (χ3v) is 7.87. The molecule has 10 heteroatoms. The van der Waals surface area contributed by atoms with Crippen LogP contribution in [0.4, 0.5) is 0 Å². The Kier molecular flexibility index (Phi) is 7.43.